The topological polar surface area (TPSA) is 105 Å². The number of rotatable bonds is 7. The molecular weight excluding hydrogens is 456 g/mol. The van der Waals surface area contributed by atoms with E-state index in [4.69, 9.17) is 14.2 Å². The van der Waals surface area contributed by atoms with E-state index in [0.717, 1.165) is 43.5 Å². The number of methoxy groups -OCH3 is 1. The van der Waals surface area contributed by atoms with Crippen LogP contribution in [0.5, 0.6) is 11.6 Å². The van der Waals surface area contributed by atoms with Crippen LogP contribution in [-0.4, -0.2) is 66.4 Å². The van der Waals surface area contributed by atoms with Crippen molar-refractivity contribution in [2.45, 2.75) is 31.3 Å². The predicted molar refractivity (Wildman–Crippen MR) is 136 cm³/mol. The molecule has 0 spiro atoms. The van der Waals surface area contributed by atoms with E-state index in [2.05, 4.69) is 44.4 Å². The fourth-order valence-electron chi connectivity index (χ4n) is 4.73. The largest absolute Gasteiger partial charge is 0.489 e. The first-order valence-corrected chi connectivity index (χ1v) is 12.3. The number of pyridine rings is 1. The molecule has 0 radical (unpaired) electrons. The number of likely N-dealkylation sites (N-methyl/N-ethyl adjacent to an activating group) is 1. The van der Waals surface area contributed by atoms with E-state index in [1.54, 1.807) is 19.4 Å². The highest BCUT2D eigenvalue weighted by molar-refractivity contribution is 5.65. The van der Waals surface area contributed by atoms with E-state index in [9.17, 15) is 5.26 Å². The number of benzene rings is 1. The van der Waals surface area contributed by atoms with Crippen molar-refractivity contribution in [3.05, 3.63) is 53.7 Å². The van der Waals surface area contributed by atoms with Gasteiger partial charge in [-0.25, -0.2) is 9.97 Å². The molecule has 36 heavy (non-hydrogen) atoms. The van der Waals surface area contributed by atoms with Gasteiger partial charge in [-0.15, -0.1) is 0 Å². The highest BCUT2D eigenvalue weighted by atomic mass is 16.5. The second-order valence-corrected chi connectivity index (χ2v) is 9.19. The van der Waals surface area contributed by atoms with Crippen LogP contribution in [-0.2, 0) is 4.74 Å². The third-order valence-corrected chi connectivity index (χ3v) is 6.67. The molecule has 1 N–H and O–H groups in total. The van der Waals surface area contributed by atoms with Crippen molar-refractivity contribution in [1.82, 2.24) is 19.9 Å². The number of likely N-dealkylation sites (tertiary alicyclic amines) is 1. The zero-order valence-corrected chi connectivity index (χ0v) is 20.6. The lowest BCUT2D eigenvalue weighted by Crippen LogP contribution is -2.26. The first kappa shape index (κ1) is 24.0. The van der Waals surface area contributed by atoms with Crippen molar-refractivity contribution in [3.8, 4) is 29.0 Å². The van der Waals surface area contributed by atoms with E-state index in [-0.39, 0.29) is 6.10 Å². The Morgan fingerprint density at radius 2 is 1.97 bits per heavy atom. The summed E-state index contributed by atoms with van der Waals surface area (Å²) >= 11 is 0. The molecule has 9 heteroatoms. The lowest BCUT2D eigenvalue weighted by Gasteiger charge is -2.23. The Labute approximate surface area is 211 Å². The number of nitrogens with zero attached hydrogens (tertiary/aromatic N) is 5. The van der Waals surface area contributed by atoms with Gasteiger partial charge in [0.2, 0.25) is 11.8 Å². The number of nitriles is 1. The molecule has 0 bridgehead atoms. The Morgan fingerprint density at radius 3 is 2.72 bits per heavy atom. The van der Waals surface area contributed by atoms with Crippen LogP contribution in [0.15, 0.2) is 42.6 Å². The Balaban J connectivity index is 1.33. The number of nitrogens with one attached hydrogen (secondary N) is 1. The van der Waals surface area contributed by atoms with Crippen molar-refractivity contribution >= 4 is 11.8 Å². The molecule has 1 aromatic carbocycles. The predicted octanol–water partition coefficient (Wildman–Crippen LogP) is 4.14. The standard InChI is InChI=1S/C27H30N6O3/c1-33-12-8-19(17-33)22-4-6-25(31-26(22)34-2)32-27-29-11-7-23(30-27)18-3-5-24(20(15-18)16-28)36-21-9-13-35-14-10-21/h3-7,11,15,19,21H,8-10,12-14,17H2,1-2H3,(H,29,30,31,32). The first-order chi connectivity index (χ1) is 17.6. The van der Waals surface area contributed by atoms with Crippen LogP contribution >= 0.6 is 0 Å². The molecule has 5 rings (SSSR count). The van der Waals surface area contributed by atoms with Gasteiger partial charge in [0, 0.05) is 42.6 Å². The number of aromatic nitrogens is 3. The maximum Gasteiger partial charge on any atom is 0.228 e. The maximum absolute atomic E-state index is 9.71. The van der Waals surface area contributed by atoms with E-state index in [0.29, 0.717) is 53.8 Å². The molecule has 0 aliphatic carbocycles. The van der Waals surface area contributed by atoms with Gasteiger partial charge in [0.1, 0.15) is 23.7 Å². The van der Waals surface area contributed by atoms with Gasteiger partial charge >= 0.3 is 0 Å². The SMILES string of the molecule is COc1nc(Nc2nccc(-c3ccc(OC4CCOCC4)c(C#N)c3)n2)ccc1C1CCN(C)C1. The summed E-state index contributed by atoms with van der Waals surface area (Å²) in [5.41, 5.74) is 3.10. The van der Waals surface area contributed by atoms with Gasteiger partial charge in [-0.1, -0.05) is 0 Å². The van der Waals surface area contributed by atoms with Crippen molar-refractivity contribution < 1.29 is 14.2 Å². The van der Waals surface area contributed by atoms with Crippen LogP contribution < -0.4 is 14.8 Å². The second-order valence-electron chi connectivity index (χ2n) is 9.19. The quantitative estimate of drug-likeness (QED) is 0.527. The average Bonchev–Trinajstić information content (AvgIpc) is 3.35. The number of anilines is 2. The normalized spacial score (nSPS) is 18.5. The molecule has 9 nitrogen and oxygen atoms in total. The van der Waals surface area contributed by atoms with Crippen molar-refractivity contribution in [1.29, 1.82) is 5.26 Å². The molecule has 1 atom stereocenters. The number of hydrogen-bond donors (Lipinski definition) is 1. The van der Waals surface area contributed by atoms with Crippen LogP contribution in [0.1, 0.15) is 36.3 Å². The van der Waals surface area contributed by atoms with Gasteiger partial charge in [-0.3, -0.25) is 0 Å². The summed E-state index contributed by atoms with van der Waals surface area (Å²) in [5, 5.41) is 12.9. The summed E-state index contributed by atoms with van der Waals surface area (Å²) < 4.78 is 17.1. The molecule has 2 aliphatic rings. The third-order valence-electron chi connectivity index (χ3n) is 6.67. The van der Waals surface area contributed by atoms with Gasteiger partial charge in [0.15, 0.2) is 0 Å². The summed E-state index contributed by atoms with van der Waals surface area (Å²) in [6.45, 7) is 3.44. The fraction of sp³-hybridized carbons (Fsp3) is 0.407. The molecule has 1 unspecified atom stereocenters. The summed E-state index contributed by atoms with van der Waals surface area (Å²) in [7, 11) is 3.78. The van der Waals surface area contributed by atoms with E-state index in [1.807, 2.05) is 24.3 Å². The number of ether oxygens (including phenoxy) is 3. The summed E-state index contributed by atoms with van der Waals surface area (Å²) in [5.74, 6) is 2.65. The van der Waals surface area contributed by atoms with E-state index < -0.39 is 0 Å². The molecule has 3 aromatic rings. The zero-order chi connectivity index (χ0) is 24.9. The summed E-state index contributed by atoms with van der Waals surface area (Å²) in [4.78, 5) is 16.0. The lowest BCUT2D eigenvalue weighted by atomic mass is 9.99. The highest BCUT2D eigenvalue weighted by Crippen LogP contribution is 2.33. The molecule has 2 saturated heterocycles. The van der Waals surface area contributed by atoms with E-state index >= 15 is 0 Å². The fourth-order valence-corrected chi connectivity index (χ4v) is 4.73. The smallest absolute Gasteiger partial charge is 0.228 e. The van der Waals surface area contributed by atoms with Crippen molar-refractivity contribution in [3.63, 3.8) is 0 Å². The van der Waals surface area contributed by atoms with Gasteiger partial charge in [0.05, 0.1) is 31.6 Å². The molecular formula is C27H30N6O3. The van der Waals surface area contributed by atoms with Crippen LogP contribution in [0.4, 0.5) is 11.8 Å². The summed E-state index contributed by atoms with van der Waals surface area (Å²) in [6.07, 6.45) is 4.49. The molecule has 186 valence electrons. The van der Waals surface area contributed by atoms with Crippen LogP contribution in [0.25, 0.3) is 11.3 Å². The molecule has 4 heterocycles. The van der Waals surface area contributed by atoms with Gasteiger partial charge in [-0.2, -0.15) is 10.2 Å². The summed E-state index contributed by atoms with van der Waals surface area (Å²) in [6, 6.07) is 13.6. The molecule has 0 amide bonds. The van der Waals surface area contributed by atoms with Gasteiger partial charge in [0.25, 0.3) is 0 Å². The van der Waals surface area contributed by atoms with Crippen LogP contribution in [0.3, 0.4) is 0 Å². The minimum Gasteiger partial charge on any atom is -0.489 e. The first-order valence-electron chi connectivity index (χ1n) is 12.3. The highest BCUT2D eigenvalue weighted by Gasteiger charge is 2.25. The second kappa shape index (κ2) is 10.9. The van der Waals surface area contributed by atoms with Gasteiger partial charge in [-0.05, 0) is 56.4 Å². The maximum atomic E-state index is 9.71. The Bertz CT molecular complexity index is 1250. The lowest BCUT2D eigenvalue weighted by molar-refractivity contribution is 0.0254. The Kier molecular flexibility index (Phi) is 7.26. The van der Waals surface area contributed by atoms with E-state index in [1.165, 1.54) is 0 Å². The van der Waals surface area contributed by atoms with Crippen molar-refractivity contribution in [2.75, 3.05) is 45.8 Å². The minimum atomic E-state index is 0.0667. The van der Waals surface area contributed by atoms with Gasteiger partial charge < -0.3 is 24.4 Å². The third kappa shape index (κ3) is 5.40. The molecule has 2 fully saturated rings. The monoisotopic (exact) mass is 486 g/mol. The average molecular weight is 487 g/mol. The van der Waals surface area contributed by atoms with Crippen LogP contribution in [0, 0.1) is 11.3 Å². The number of hydrogen-bond acceptors (Lipinski definition) is 9. The van der Waals surface area contributed by atoms with Crippen molar-refractivity contribution in [2.24, 2.45) is 0 Å². The zero-order valence-electron chi connectivity index (χ0n) is 20.6. The van der Waals surface area contributed by atoms with Crippen LogP contribution in [0.2, 0.25) is 0 Å². The Morgan fingerprint density at radius 1 is 1.11 bits per heavy atom. The molecule has 2 aromatic heterocycles. The molecule has 0 saturated carbocycles. The Hall–Kier alpha value is -3.74. The molecule has 2 aliphatic heterocycles. The minimum absolute atomic E-state index is 0.0667.